The van der Waals surface area contributed by atoms with Crippen LogP contribution in [0.4, 0.5) is 5.82 Å². The van der Waals surface area contributed by atoms with Gasteiger partial charge in [0.25, 0.3) is 0 Å². The third kappa shape index (κ3) is 3.18. The molecule has 0 N–H and O–H groups in total. The van der Waals surface area contributed by atoms with Gasteiger partial charge in [0.2, 0.25) is 10.0 Å². The van der Waals surface area contributed by atoms with Gasteiger partial charge in [0.05, 0.1) is 12.3 Å². The molecule has 2 aromatic heterocycles. The standard InChI is InChI=1S/C17H23N3O3S/c1-13-8-9-20(15(11-13)16-5-4-10-23-16)17-7-6-14(12-18-17)24(21,22)19(2)3/h4-7,10,12-13,15H,8-9,11H2,1-3H3/t13-,15+/m1/s1. The van der Waals surface area contributed by atoms with Crippen molar-refractivity contribution in [3.63, 3.8) is 0 Å². The van der Waals surface area contributed by atoms with Crippen LogP contribution in [0.3, 0.4) is 0 Å². The number of anilines is 1. The van der Waals surface area contributed by atoms with Gasteiger partial charge in [-0.1, -0.05) is 6.92 Å². The van der Waals surface area contributed by atoms with Crippen LogP contribution in [0.25, 0.3) is 0 Å². The number of rotatable bonds is 4. The molecule has 1 fully saturated rings. The van der Waals surface area contributed by atoms with Crippen molar-refractivity contribution in [3.8, 4) is 0 Å². The Morgan fingerprint density at radius 1 is 1.29 bits per heavy atom. The maximum Gasteiger partial charge on any atom is 0.244 e. The predicted octanol–water partition coefficient (Wildman–Crippen LogP) is 2.90. The van der Waals surface area contributed by atoms with Gasteiger partial charge in [0, 0.05) is 26.8 Å². The summed E-state index contributed by atoms with van der Waals surface area (Å²) in [7, 11) is -0.424. The Bertz CT molecular complexity index is 770. The Balaban J connectivity index is 1.89. The van der Waals surface area contributed by atoms with Gasteiger partial charge in [0.1, 0.15) is 16.5 Å². The summed E-state index contributed by atoms with van der Waals surface area (Å²) >= 11 is 0. The van der Waals surface area contributed by atoms with E-state index in [-0.39, 0.29) is 10.9 Å². The number of hydrogen-bond acceptors (Lipinski definition) is 5. The molecule has 3 rings (SSSR count). The Hall–Kier alpha value is -1.86. The Labute approximate surface area is 143 Å². The summed E-state index contributed by atoms with van der Waals surface area (Å²) < 4.78 is 31.1. The fourth-order valence-corrected chi connectivity index (χ4v) is 3.92. The summed E-state index contributed by atoms with van der Waals surface area (Å²) in [6, 6.07) is 7.41. The van der Waals surface area contributed by atoms with Gasteiger partial charge in [-0.05, 0) is 43.0 Å². The summed E-state index contributed by atoms with van der Waals surface area (Å²) in [5.41, 5.74) is 0. The van der Waals surface area contributed by atoms with Crippen LogP contribution in [0.5, 0.6) is 0 Å². The SMILES string of the molecule is C[C@@H]1CCN(c2ccc(S(=O)(=O)N(C)C)cn2)[C@H](c2ccco2)C1. The van der Waals surface area contributed by atoms with Crippen LogP contribution < -0.4 is 4.90 Å². The lowest BCUT2D eigenvalue weighted by molar-refractivity contribution is 0.327. The molecule has 0 radical (unpaired) electrons. The van der Waals surface area contributed by atoms with E-state index >= 15 is 0 Å². The fourth-order valence-electron chi connectivity index (χ4n) is 3.07. The van der Waals surface area contributed by atoms with Gasteiger partial charge in [-0.2, -0.15) is 0 Å². The highest BCUT2D eigenvalue weighted by atomic mass is 32.2. The molecule has 0 unspecified atom stereocenters. The summed E-state index contributed by atoms with van der Waals surface area (Å²) in [4.78, 5) is 6.82. The second-order valence-electron chi connectivity index (χ2n) is 6.49. The Morgan fingerprint density at radius 3 is 2.67 bits per heavy atom. The van der Waals surface area contributed by atoms with Crippen LogP contribution >= 0.6 is 0 Å². The van der Waals surface area contributed by atoms with Crippen molar-refractivity contribution in [3.05, 3.63) is 42.5 Å². The fraction of sp³-hybridized carbons (Fsp3) is 0.471. The Kier molecular flexibility index (Phi) is 4.64. The third-order valence-corrected chi connectivity index (χ3v) is 6.33. The maximum atomic E-state index is 12.2. The summed E-state index contributed by atoms with van der Waals surface area (Å²) in [5, 5.41) is 0. The minimum Gasteiger partial charge on any atom is -0.467 e. The monoisotopic (exact) mass is 349 g/mol. The van der Waals surface area contributed by atoms with Gasteiger partial charge < -0.3 is 9.32 Å². The summed E-state index contributed by atoms with van der Waals surface area (Å²) in [6.07, 6.45) is 5.19. The molecule has 1 saturated heterocycles. The number of sulfonamides is 1. The van der Waals surface area contributed by atoms with Crippen LogP contribution in [-0.4, -0.2) is 38.3 Å². The molecule has 0 spiro atoms. The molecule has 0 aliphatic carbocycles. The number of aromatic nitrogens is 1. The molecule has 0 bridgehead atoms. The molecule has 3 heterocycles. The van der Waals surface area contributed by atoms with Crippen molar-refractivity contribution in [1.82, 2.24) is 9.29 Å². The molecule has 2 aromatic rings. The van der Waals surface area contributed by atoms with E-state index in [4.69, 9.17) is 4.42 Å². The van der Waals surface area contributed by atoms with E-state index in [1.165, 1.54) is 24.6 Å². The molecule has 0 saturated carbocycles. The van der Waals surface area contributed by atoms with E-state index < -0.39 is 10.0 Å². The van der Waals surface area contributed by atoms with Crippen molar-refractivity contribution in [2.75, 3.05) is 25.5 Å². The molecule has 1 aliphatic heterocycles. The molecule has 0 aromatic carbocycles. The van der Waals surface area contributed by atoms with Crippen molar-refractivity contribution in [1.29, 1.82) is 0 Å². The zero-order valence-corrected chi connectivity index (χ0v) is 15.0. The molecular weight excluding hydrogens is 326 g/mol. The van der Waals surface area contributed by atoms with Crippen LogP contribution in [0, 0.1) is 5.92 Å². The lowest BCUT2D eigenvalue weighted by Gasteiger charge is -2.38. The van der Waals surface area contributed by atoms with E-state index in [2.05, 4.69) is 16.8 Å². The number of pyridine rings is 1. The van der Waals surface area contributed by atoms with Crippen molar-refractivity contribution < 1.29 is 12.8 Å². The highest BCUT2D eigenvalue weighted by Crippen LogP contribution is 2.37. The number of furan rings is 1. The molecule has 24 heavy (non-hydrogen) atoms. The summed E-state index contributed by atoms with van der Waals surface area (Å²) in [5.74, 6) is 2.32. The first-order chi connectivity index (χ1) is 11.4. The largest absolute Gasteiger partial charge is 0.467 e. The van der Waals surface area contributed by atoms with Crippen LogP contribution in [-0.2, 0) is 10.0 Å². The lowest BCUT2D eigenvalue weighted by Crippen LogP contribution is -2.36. The molecule has 6 nitrogen and oxygen atoms in total. The molecule has 7 heteroatoms. The maximum absolute atomic E-state index is 12.2. The molecule has 1 aliphatic rings. The van der Waals surface area contributed by atoms with E-state index in [0.717, 1.165) is 31.0 Å². The van der Waals surface area contributed by atoms with Crippen LogP contribution in [0.15, 0.2) is 46.0 Å². The number of hydrogen-bond donors (Lipinski definition) is 0. The predicted molar refractivity (Wildman–Crippen MR) is 92.3 cm³/mol. The second kappa shape index (κ2) is 6.57. The van der Waals surface area contributed by atoms with Gasteiger partial charge in [-0.15, -0.1) is 0 Å². The lowest BCUT2D eigenvalue weighted by atomic mass is 9.91. The molecule has 2 atom stereocenters. The third-order valence-electron chi connectivity index (χ3n) is 4.53. The minimum absolute atomic E-state index is 0.132. The second-order valence-corrected chi connectivity index (χ2v) is 8.65. The average Bonchev–Trinajstić information content (AvgIpc) is 3.09. The van der Waals surface area contributed by atoms with Gasteiger partial charge in [-0.3, -0.25) is 0 Å². The van der Waals surface area contributed by atoms with Crippen molar-refractivity contribution in [2.24, 2.45) is 5.92 Å². The first kappa shape index (κ1) is 17.0. The van der Waals surface area contributed by atoms with Crippen LogP contribution in [0.2, 0.25) is 0 Å². The first-order valence-electron chi connectivity index (χ1n) is 8.08. The number of piperidine rings is 1. The number of nitrogens with zero attached hydrogens (tertiary/aromatic N) is 3. The van der Waals surface area contributed by atoms with E-state index in [0.29, 0.717) is 5.92 Å². The topological polar surface area (TPSA) is 66.7 Å². The first-order valence-corrected chi connectivity index (χ1v) is 9.52. The van der Waals surface area contributed by atoms with Gasteiger partial charge in [0.15, 0.2) is 0 Å². The highest BCUT2D eigenvalue weighted by molar-refractivity contribution is 7.89. The summed E-state index contributed by atoms with van der Waals surface area (Å²) in [6.45, 7) is 3.12. The van der Waals surface area contributed by atoms with Crippen molar-refractivity contribution in [2.45, 2.75) is 30.7 Å². The smallest absolute Gasteiger partial charge is 0.244 e. The van der Waals surface area contributed by atoms with E-state index in [9.17, 15) is 8.42 Å². The van der Waals surface area contributed by atoms with Gasteiger partial charge >= 0.3 is 0 Å². The molecular formula is C17H23N3O3S. The Morgan fingerprint density at radius 2 is 2.08 bits per heavy atom. The van der Waals surface area contributed by atoms with Crippen molar-refractivity contribution >= 4 is 15.8 Å². The zero-order chi connectivity index (χ0) is 17.3. The van der Waals surface area contributed by atoms with E-state index in [1.807, 2.05) is 12.1 Å². The highest BCUT2D eigenvalue weighted by Gasteiger charge is 2.30. The zero-order valence-electron chi connectivity index (χ0n) is 14.2. The molecule has 0 amide bonds. The quantitative estimate of drug-likeness (QED) is 0.849. The minimum atomic E-state index is -3.46. The average molecular weight is 349 g/mol. The van der Waals surface area contributed by atoms with Gasteiger partial charge in [-0.25, -0.2) is 17.7 Å². The van der Waals surface area contributed by atoms with E-state index in [1.54, 1.807) is 18.4 Å². The van der Waals surface area contributed by atoms with Crippen LogP contribution in [0.1, 0.15) is 31.6 Å². The normalized spacial score (nSPS) is 22.1. The molecule has 130 valence electrons.